The predicted molar refractivity (Wildman–Crippen MR) is 84.2 cm³/mol. The molecule has 2 aliphatic rings. The average molecular weight is 302 g/mol. The Morgan fingerprint density at radius 1 is 1.27 bits per heavy atom. The van der Waals surface area contributed by atoms with Crippen LogP contribution >= 0.6 is 0 Å². The standard InChI is InChI=1S/C17H22N2O3/c1-13-16(22-15-8-4-3-7-14(15)21-13)17(20)18-9-12-19-10-5-2-6-11-19/h2-5,7-8,13,16H,6,9-12H2,1H3,(H,18,20). The third-order valence-corrected chi connectivity index (χ3v) is 3.97. The van der Waals surface area contributed by atoms with E-state index in [1.807, 2.05) is 31.2 Å². The summed E-state index contributed by atoms with van der Waals surface area (Å²) in [5.41, 5.74) is 0. The molecule has 2 unspecified atom stereocenters. The highest BCUT2D eigenvalue weighted by molar-refractivity contribution is 5.82. The van der Waals surface area contributed by atoms with Crippen LogP contribution in [0.15, 0.2) is 36.4 Å². The summed E-state index contributed by atoms with van der Waals surface area (Å²) < 4.78 is 11.5. The van der Waals surface area contributed by atoms with Gasteiger partial charge in [-0.25, -0.2) is 0 Å². The van der Waals surface area contributed by atoms with E-state index in [9.17, 15) is 4.79 Å². The summed E-state index contributed by atoms with van der Waals surface area (Å²) in [4.78, 5) is 14.6. The Labute approximate surface area is 130 Å². The molecule has 2 atom stereocenters. The lowest BCUT2D eigenvalue weighted by atomic mass is 10.1. The maximum Gasteiger partial charge on any atom is 0.265 e. The Morgan fingerprint density at radius 3 is 2.77 bits per heavy atom. The first-order valence-electron chi connectivity index (χ1n) is 7.81. The number of rotatable bonds is 4. The fourth-order valence-corrected chi connectivity index (χ4v) is 2.74. The minimum Gasteiger partial charge on any atom is -0.482 e. The van der Waals surface area contributed by atoms with E-state index in [4.69, 9.17) is 9.47 Å². The third kappa shape index (κ3) is 3.42. The Balaban J connectivity index is 1.51. The molecule has 5 nitrogen and oxygen atoms in total. The second kappa shape index (κ2) is 6.83. The monoisotopic (exact) mass is 302 g/mol. The van der Waals surface area contributed by atoms with E-state index >= 15 is 0 Å². The summed E-state index contributed by atoms with van der Waals surface area (Å²) in [6, 6.07) is 7.44. The molecule has 0 saturated carbocycles. The fourth-order valence-electron chi connectivity index (χ4n) is 2.74. The highest BCUT2D eigenvalue weighted by Crippen LogP contribution is 2.33. The van der Waals surface area contributed by atoms with E-state index in [1.54, 1.807) is 0 Å². The highest BCUT2D eigenvalue weighted by Gasteiger charge is 2.33. The maximum absolute atomic E-state index is 12.3. The molecule has 1 aromatic rings. The summed E-state index contributed by atoms with van der Waals surface area (Å²) in [5.74, 6) is 1.20. The van der Waals surface area contributed by atoms with Gasteiger partial charge in [0.05, 0.1) is 0 Å². The summed E-state index contributed by atoms with van der Waals surface area (Å²) >= 11 is 0. The molecule has 0 radical (unpaired) electrons. The van der Waals surface area contributed by atoms with Crippen LogP contribution in [0.4, 0.5) is 0 Å². The van der Waals surface area contributed by atoms with Crippen LogP contribution < -0.4 is 14.8 Å². The van der Waals surface area contributed by atoms with Gasteiger partial charge in [-0.05, 0) is 25.5 Å². The second-order valence-corrected chi connectivity index (χ2v) is 5.66. The van der Waals surface area contributed by atoms with Gasteiger partial charge in [0.1, 0.15) is 6.10 Å². The van der Waals surface area contributed by atoms with Gasteiger partial charge < -0.3 is 14.8 Å². The first kappa shape index (κ1) is 14.9. The first-order valence-corrected chi connectivity index (χ1v) is 7.81. The van der Waals surface area contributed by atoms with Gasteiger partial charge in [0.2, 0.25) is 6.10 Å². The number of ether oxygens (including phenoxy) is 2. The molecule has 0 spiro atoms. The molecule has 2 aliphatic heterocycles. The van der Waals surface area contributed by atoms with Crippen molar-refractivity contribution < 1.29 is 14.3 Å². The molecule has 22 heavy (non-hydrogen) atoms. The zero-order chi connectivity index (χ0) is 15.4. The SMILES string of the molecule is CC1Oc2ccccc2OC1C(=O)NCCN1CC=CCC1. The van der Waals surface area contributed by atoms with Crippen LogP contribution in [-0.4, -0.2) is 49.2 Å². The number of nitrogens with one attached hydrogen (secondary N) is 1. The van der Waals surface area contributed by atoms with E-state index in [0.29, 0.717) is 18.0 Å². The zero-order valence-electron chi connectivity index (χ0n) is 12.8. The molecule has 0 bridgehead atoms. The van der Waals surface area contributed by atoms with Gasteiger partial charge in [-0.3, -0.25) is 9.69 Å². The molecule has 1 amide bonds. The summed E-state index contributed by atoms with van der Waals surface area (Å²) in [6.45, 7) is 5.35. The lowest BCUT2D eigenvalue weighted by Crippen LogP contribution is -2.50. The Morgan fingerprint density at radius 2 is 2.05 bits per heavy atom. The Hall–Kier alpha value is -2.01. The molecule has 1 N–H and O–H groups in total. The Bertz CT molecular complexity index is 559. The van der Waals surface area contributed by atoms with Crippen molar-refractivity contribution in [2.24, 2.45) is 0 Å². The molecule has 5 heteroatoms. The number of para-hydroxylation sites is 2. The number of nitrogens with zero attached hydrogens (tertiary/aromatic N) is 1. The van der Waals surface area contributed by atoms with Crippen LogP contribution in [-0.2, 0) is 4.79 Å². The first-order chi connectivity index (χ1) is 10.7. The second-order valence-electron chi connectivity index (χ2n) is 5.66. The van der Waals surface area contributed by atoms with Crippen molar-refractivity contribution in [3.05, 3.63) is 36.4 Å². The van der Waals surface area contributed by atoms with E-state index in [1.165, 1.54) is 0 Å². The molecule has 3 rings (SSSR count). The van der Waals surface area contributed by atoms with Crippen LogP contribution in [0.1, 0.15) is 13.3 Å². The average Bonchev–Trinajstić information content (AvgIpc) is 2.55. The van der Waals surface area contributed by atoms with Crippen molar-refractivity contribution in [1.29, 1.82) is 0 Å². The molecule has 0 aromatic heterocycles. The van der Waals surface area contributed by atoms with Crippen LogP contribution in [0.3, 0.4) is 0 Å². The van der Waals surface area contributed by atoms with Crippen molar-refractivity contribution in [2.75, 3.05) is 26.2 Å². The van der Waals surface area contributed by atoms with Gasteiger partial charge in [-0.2, -0.15) is 0 Å². The fraction of sp³-hybridized carbons (Fsp3) is 0.471. The number of benzene rings is 1. The number of hydrogen-bond acceptors (Lipinski definition) is 4. The van der Waals surface area contributed by atoms with Gasteiger partial charge in [-0.15, -0.1) is 0 Å². The summed E-state index contributed by atoms with van der Waals surface area (Å²) in [6.07, 6.45) is 4.55. The lowest BCUT2D eigenvalue weighted by Gasteiger charge is -2.31. The van der Waals surface area contributed by atoms with E-state index in [-0.39, 0.29) is 12.0 Å². The van der Waals surface area contributed by atoms with Gasteiger partial charge in [0.15, 0.2) is 11.5 Å². The van der Waals surface area contributed by atoms with Crippen molar-refractivity contribution in [3.63, 3.8) is 0 Å². The molecule has 0 aliphatic carbocycles. The van der Waals surface area contributed by atoms with Crippen molar-refractivity contribution >= 4 is 5.91 Å². The van der Waals surface area contributed by atoms with E-state index in [2.05, 4.69) is 22.4 Å². The largest absolute Gasteiger partial charge is 0.482 e. The normalized spacial score (nSPS) is 24.0. The van der Waals surface area contributed by atoms with Crippen LogP contribution in [0.5, 0.6) is 11.5 Å². The minimum absolute atomic E-state index is 0.116. The maximum atomic E-state index is 12.3. The summed E-state index contributed by atoms with van der Waals surface area (Å²) in [5, 5.41) is 2.95. The molecule has 0 fully saturated rings. The number of fused-ring (bicyclic) bond motifs is 1. The quantitative estimate of drug-likeness (QED) is 0.858. The van der Waals surface area contributed by atoms with Gasteiger partial charge >= 0.3 is 0 Å². The van der Waals surface area contributed by atoms with Crippen LogP contribution in [0, 0.1) is 0 Å². The van der Waals surface area contributed by atoms with Crippen LogP contribution in [0.2, 0.25) is 0 Å². The molecular formula is C17H22N2O3. The molecule has 118 valence electrons. The van der Waals surface area contributed by atoms with Gasteiger partial charge in [-0.1, -0.05) is 24.3 Å². The van der Waals surface area contributed by atoms with Crippen molar-refractivity contribution in [1.82, 2.24) is 10.2 Å². The smallest absolute Gasteiger partial charge is 0.265 e. The summed E-state index contributed by atoms with van der Waals surface area (Å²) in [7, 11) is 0. The molecular weight excluding hydrogens is 280 g/mol. The number of hydrogen-bond donors (Lipinski definition) is 1. The van der Waals surface area contributed by atoms with Crippen molar-refractivity contribution in [3.8, 4) is 11.5 Å². The molecule has 1 aromatic carbocycles. The highest BCUT2D eigenvalue weighted by atomic mass is 16.6. The minimum atomic E-state index is -0.601. The number of carbonyl (C=O) groups excluding carboxylic acids is 1. The lowest BCUT2D eigenvalue weighted by molar-refractivity contribution is -0.133. The van der Waals surface area contributed by atoms with E-state index in [0.717, 1.165) is 26.1 Å². The van der Waals surface area contributed by atoms with Gasteiger partial charge in [0, 0.05) is 26.2 Å². The Kier molecular flexibility index (Phi) is 4.63. The number of carbonyl (C=O) groups is 1. The third-order valence-electron chi connectivity index (χ3n) is 3.97. The zero-order valence-corrected chi connectivity index (χ0v) is 12.8. The van der Waals surface area contributed by atoms with Crippen LogP contribution in [0.25, 0.3) is 0 Å². The molecule has 0 saturated heterocycles. The topological polar surface area (TPSA) is 50.8 Å². The van der Waals surface area contributed by atoms with E-state index < -0.39 is 6.10 Å². The van der Waals surface area contributed by atoms with Crippen molar-refractivity contribution in [2.45, 2.75) is 25.6 Å². The van der Waals surface area contributed by atoms with Gasteiger partial charge in [0.25, 0.3) is 5.91 Å². The number of amides is 1. The molecule has 2 heterocycles. The predicted octanol–water partition coefficient (Wildman–Crippen LogP) is 1.59.